The number of para-hydroxylation sites is 1. The standard InChI is InChI=1S/C22H25FN4O2S/c1-2-29-18-8-5-9-19-20(18)25-22(30-19)27-14-12-26(13-15-27)11-10-24-21(28)16-6-3-4-7-17(16)23/h3-9H,2,10-15H2,1H3,(H,24,28). The van der Waals surface area contributed by atoms with Crippen LogP contribution in [0.15, 0.2) is 42.5 Å². The summed E-state index contributed by atoms with van der Waals surface area (Å²) in [5, 5.41) is 3.83. The first kappa shape index (κ1) is 20.6. The Morgan fingerprint density at radius 2 is 1.97 bits per heavy atom. The first-order valence-corrected chi connectivity index (χ1v) is 11.0. The third-order valence-electron chi connectivity index (χ3n) is 5.15. The highest BCUT2D eigenvalue weighted by Crippen LogP contribution is 2.34. The molecule has 2 aromatic carbocycles. The summed E-state index contributed by atoms with van der Waals surface area (Å²) in [5.74, 6) is -0.0278. The molecular weight excluding hydrogens is 403 g/mol. The van der Waals surface area contributed by atoms with Crippen molar-refractivity contribution in [1.29, 1.82) is 0 Å². The lowest BCUT2D eigenvalue weighted by Crippen LogP contribution is -2.48. The lowest BCUT2D eigenvalue weighted by molar-refractivity contribution is 0.0943. The molecule has 0 radical (unpaired) electrons. The van der Waals surface area contributed by atoms with Gasteiger partial charge in [0.15, 0.2) is 5.13 Å². The van der Waals surface area contributed by atoms with Crippen LogP contribution in [0.1, 0.15) is 17.3 Å². The van der Waals surface area contributed by atoms with Gasteiger partial charge in [-0.1, -0.05) is 29.5 Å². The van der Waals surface area contributed by atoms with E-state index in [4.69, 9.17) is 9.72 Å². The highest BCUT2D eigenvalue weighted by Gasteiger charge is 2.21. The van der Waals surface area contributed by atoms with Crippen molar-refractivity contribution in [3.63, 3.8) is 0 Å². The van der Waals surface area contributed by atoms with E-state index in [-0.39, 0.29) is 11.5 Å². The quantitative estimate of drug-likeness (QED) is 0.625. The summed E-state index contributed by atoms with van der Waals surface area (Å²) in [7, 11) is 0. The summed E-state index contributed by atoms with van der Waals surface area (Å²) < 4.78 is 20.5. The molecule has 2 heterocycles. The summed E-state index contributed by atoms with van der Waals surface area (Å²) in [4.78, 5) is 21.5. The molecule has 1 N–H and O–H groups in total. The van der Waals surface area contributed by atoms with Crippen LogP contribution in [0.25, 0.3) is 10.2 Å². The monoisotopic (exact) mass is 428 g/mol. The second kappa shape index (κ2) is 9.40. The molecule has 0 unspecified atom stereocenters. The number of anilines is 1. The molecule has 0 bridgehead atoms. The second-order valence-electron chi connectivity index (χ2n) is 7.10. The molecule has 1 amide bonds. The smallest absolute Gasteiger partial charge is 0.254 e. The lowest BCUT2D eigenvalue weighted by atomic mass is 10.2. The van der Waals surface area contributed by atoms with Crippen LogP contribution in [0, 0.1) is 5.82 Å². The molecule has 1 saturated heterocycles. The number of benzene rings is 2. The maximum Gasteiger partial charge on any atom is 0.254 e. The third kappa shape index (κ3) is 4.55. The van der Waals surface area contributed by atoms with Gasteiger partial charge in [-0.25, -0.2) is 9.37 Å². The number of halogens is 1. The van der Waals surface area contributed by atoms with Gasteiger partial charge in [0.1, 0.15) is 17.1 Å². The van der Waals surface area contributed by atoms with Gasteiger partial charge in [0, 0.05) is 39.3 Å². The van der Waals surface area contributed by atoms with E-state index >= 15 is 0 Å². The van der Waals surface area contributed by atoms with Crippen molar-refractivity contribution in [1.82, 2.24) is 15.2 Å². The fourth-order valence-corrected chi connectivity index (χ4v) is 4.58. The zero-order valence-electron chi connectivity index (χ0n) is 16.9. The molecular formula is C22H25FN4O2S. The number of thiazole rings is 1. The van der Waals surface area contributed by atoms with Gasteiger partial charge < -0.3 is 15.0 Å². The lowest BCUT2D eigenvalue weighted by Gasteiger charge is -2.34. The number of hydrogen-bond acceptors (Lipinski definition) is 6. The van der Waals surface area contributed by atoms with Crippen LogP contribution in [-0.2, 0) is 0 Å². The van der Waals surface area contributed by atoms with Gasteiger partial charge >= 0.3 is 0 Å². The predicted octanol–water partition coefficient (Wildman–Crippen LogP) is 3.39. The second-order valence-corrected chi connectivity index (χ2v) is 8.11. The number of piperazine rings is 1. The number of amides is 1. The van der Waals surface area contributed by atoms with E-state index in [2.05, 4.69) is 21.2 Å². The summed E-state index contributed by atoms with van der Waals surface area (Å²) in [6.45, 7) is 7.38. The third-order valence-corrected chi connectivity index (χ3v) is 6.23. The minimum Gasteiger partial charge on any atom is -0.492 e. The molecule has 1 aliphatic heterocycles. The molecule has 30 heavy (non-hydrogen) atoms. The van der Waals surface area contributed by atoms with Crippen LogP contribution in [0.3, 0.4) is 0 Å². The van der Waals surface area contributed by atoms with Gasteiger partial charge in [0.05, 0.1) is 16.9 Å². The first-order valence-electron chi connectivity index (χ1n) is 10.2. The molecule has 1 aliphatic rings. The summed E-state index contributed by atoms with van der Waals surface area (Å²) in [6, 6.07) is 12.1. The van der Waals surface area contributed by atoms with Gasteiger partial charge in [-0.15, -0.1) is 0 Å². The molecule has 4 rings (SSSR count). The predicted molar refractivity (Wildman–Crippen MR) is 118 cm³/mol. The Morgan fingerprint density at radius 3 is 2.73 bits per heavy atom. The Bertz CT molecular complexity index is 1020. The van der Waals surface area contributed by atoms with Crippen molar-refractivity contribution in [3.05, 3.63) is 53.8 Å². The van der Waals surface area contributed by atoms with Crippen molar-refractivity contribution in [2.75, 3.05) is 50.8 Å². The van der Waals surface area contributed by atoms with Crippen LogP contribution < -0.4 is 15.0 Å². The zero-order chi connectivity index (χ0) is 20.9. The number of nitrogens with one attached hydrogen (secondary N) is 1. The van der Waals surface area contributed by atoms with Crippen LogP contribution >= 0.6 is 11.3 Å². The first-order chi connectivity index (χ1) is 14.7. The van der Waals surface area contributed by atoms with Crippen LogP contribution in [0.5, 0.6) is 5.75 Å². The average molecular weight is 429 g/mol. The largest absolute Gasteiger partial charge is 0.492 e. The van der Waals surface area contributed by atoms with E-state index < -0.39 is 5.82 Å². The minimum absolute atomic E-state index is 0.0876. The van der Waals surface area contributed by atoms with Crippen molar-refractivity contribution < 1.29 is 13.9 Å². The molecule has 0 spiro atoms. The van der Waals surface area contributed by atoms with Crippen LogP contribution in [0.4, 0.5) is 9.52 Å². The highest BCUT2D eigenvalue weighted by atomic mass is 32.1. The summed E-state index contributed by atoms with van der Waals surface area (Å²) in [5.41, 5.74) is 1.02. The van der Waals surface area contributed by atoms with Crippen molar-refractivity contribution in [2.24, 2.45) is 0 Å². The zero-order valence-corrected chi connectivity index (χ0v) is 17.8. The van der Waals surface area contributed by atoms with Gasteiger partial charge in [0.25, 0.3) is 5.91 Å². The van der Waals surface area contributed by atoms with Gasteiger partial charge in [-0.2, -0.15) is 0 Å². The molecule has 1 fully saturated rings. The molecule has 0 saturated carbocycles. The molecule has 158 valence electrons. The minimum atomic E-state index is -0.494. The van der Waals surface area contributed by atoms with Gasteiger partial charge in [0.2, 0.25) is 0 Å². The van der Waals surface area contributed by atoms with Crippen molar-refractivity contribution in [2.45, 2.75) is 6.92 Å². The van der Waals surface area contributed by atoms with Gasteiger partial charge in [-0.3, -0.25) is 9.69 Å². The maximum absolute atomic E-state index is 13.7. The Labute approximate surface area is 179 Å². The molecule has 1 aromatic heterocycles. The fraction of sp³-hybridized carbons (Fsp3) is 0.364. The van der Waals surface area contributed by atoms with Crippen LogP contribution in [0.2, 0.25) is 0 Å². The number of ether oxygens (including phenoxy) is 1. The fourth-order valence-electron chi connectivity index (χ4n) is 3.55. The number of aromatic nitrogens is 1. The highest BCUT2D eigenvalue weighted by molar-refractivity contribution is 7.22. The SMILES string of the molecule is CCOc1cccc2sc(N3CCN(CCNC(=O)c4ccccc4F)CC3)nc12. The summed E-state index contributed by atoms with van der Waals surface area (Å²) in [6.07, 6.45) is 0. The molecule has 0 atom stereocenters. The molecule has 8 heteroatoms. The normalized spacial score (nSPS) is 14.8. The van der Waals surface area contributed by atoms with E-state index in [1.54, 1.807) is 23.5 Å². The van der Waals surface area contributed by atoms with Crippen molar-refractivity contribution >= 4 is 32.6 Å². The number of hydrogen-bond donors (Lipinski definition) is 1. The number of rotatable bonds is 7. The summed E-state index contributed by atoms with van der Waals surface area (Å²) >= 11 is 1.69. The molecule has 3 aromatic rings. The van der Waals surface area contributed by atoms with E-state index in [0.717, 1.165) is 53.8 Å². The Morgan fingerprint density at radius 1 is 1.17 bits per heavy atom. The number of fused-ring (bicyclic) bond motifs is 1. The topological polar surface area (TPSA) is 57.7 Å². The van der Waals surface area contributed by atoms with Crippen molar-refractivity contribution in [3.8, 4) is 5.75 Å². The van der Waals surface area contributed by atoms with Crippen LogP contribution in [-0.4, -0.2) is 61.7 Å². The van der Waals surface area contributed by atoms with E-state index in [1.807, 2.05) is 19.1 Å². The number of nitrogens with zero attached hydrogens (tertiary/aromatic N) is 3. The maximum atomic E-state index is 13.7. The Hall–Kier alpha value is -2.71. The Kier molecular flexibility index (Phi) is 6.44. The van der Waals surface area contributed by atoms with Gasteiger partial charge in [-0.05, 0) is 31.2 Å². The Balaban J connectivity index is 1.28. The van der Waals surface area contributed by atoms with E-state index in [0.29, 0.717) is 13.2 Å². The average Bonchev–Trinajstić information content (AvgIpc) is 3.20. The molecule has 6 nitrogen and oxygen atoms in total. The molecule has 0 aliphatic carbocycles. The van der Waals surface area contributed by atoms with E-state index in [1.165, 1.54) is 12.1 Å². The number of carbonyl (C=O) groups excluding carboxylic acids is 1. The number of carbonyl (C=O) groups is 1. The van der Waals surface area contributed by atoms with E-state index in [9.17, 15) is 9.18 Å².